The highest BCUT2D eigenvalue weighted by Crippen LogP contribution is 2.27. The molecule has 0 saturated heterocycles. The molecule has 2 rings (SSSR count). The average molecular weight is 392 g/mol. The van der Waals surface area contributed by atoms with Gasteiger partial charge in [0.2, 0.25) is 10.0 Å². The quantitative estimate of drug-likeness (QED) is 0.781. The number of sulfonamides is 1. The van der Waals surface area contributed by atoms with Crippen LogP contribution in [0.3, 0.4) is 0 Å². The zero-order chi connectivity index (χ0) is 20.2. The van der Waals surface area contributed by atoms with E-state index < -0.39 is 10.0 Å². The number of nitrogens with one attached hydrogen (secondary N) is 1. The Balaban J connectivity index is 2.21. The van der Waals surface area contributed by atoms with Crippen LogP contribution in [0, 0.1) is 6.92 Å². The van der Waals surface area contributed by atoms with Crippen LogP contribution in [0.2, 0.25) is 0 Å². The molecule has 2 aromatic carbocycles. The minimum absolute atomic E-state index is 0.0781. The first-order valence-corrected chi connectivity index (χ1v) is 9.67. The lowest BCUT2D eigenvalue weighted by Crippen LogP contribution is -2.25. The van der Waals surface area contributed by atoms with Crippen LogP contribution in [0.25, 0.3) is 0 Å². The highest BCUT2D eigenvalue weighted by molar-refractivity contribution is 7.89. The van der Waals surface area contributed by atoms with Crippen molar-refractivity contribution in [2.75, 3.05) is 28.3 Å². The maximum atomic E-state index is 12.6. The van der Waals surface area contributed by atoms with E-state index in [-0.39, 0.29) is 17.3 Å². The highest BCUT2D eigenvalue weighted by Gasteiger charge is 2.20. The fraction of sp³-hybridized carbons (Fsp3) is 0.316. The highest BCUT2D eigenvalue weighted by atomic mass is 32.2. The van der Waals surface area contributed by atoms with E-state index in [1.807, 2.05) is 6.07 Å². The van der Waals surface area contributed by atoms with E-state index in [4.69, 9.17) is 9.47 Å². The Morgan fingerprint density at radius 3 is 2.30 bits per heavy atom. The summed E-state index contributed by atoms with van der Waals surface area (Å²) < 4.78 is 36.2. The van der Waals surface area contributed by atoms with Gasteiger partial charge in [-0.05, 0) is 42.3 Å². The zero-order valence-electron chi connectivity index (χ0n) is 16.1. The summed E-state index contributed by atoms with van der Waals surface area (Å²) in [6, 6.07) is 9.88. The number of benzene rings is 2. The number of amides is 1. The zero-order valence-corrected chi connectivity index (χ0v) is 16.9. The van der Waals surface area contributed by atoms with E-state index >= 15 is 0 Å². The van der Waals surface area contributed by atoms with Gasteiger partial charge in [0.05, 0.1) is 19.1 Å². The van der Waals surface area contributed by atoms with Crippen molar-refractivity contribution in [3.05, 3.63) is 53.1 Å². The Bertz CT molecular complexity index is 939. The number of carbonyl (C=O) groups is 1. The van der Waals surface area contributed by atoms with Gasteiger partial charge in [-0.25, -0.2) is 12.7 Å². The number of hydrogen-bond donors (Lipinski definition) is 1. The summed E-state index contributed by atoms with van der Waals surface area (Å²) >= 11 is 0. The summed E-state index contributed by atoms with van der Waals surface area (Å²) in [4.78, 5) is 12.7. The van der Waals surface area contributed by atoms with Gasteiger partial charge in [0, 0.05) is 26.2 Å². The molecule has 0 bridgehead atoms. The van der Waals surface area contributed by atoms with E-state index in [0.717, 1.165) is 9.87 Å². The molecule has 8 heteroatoms. The summed E-state index contributed by atoms with van der Waals surface area (Å²) in [6.07, 6.45) is 0. The Morgan fingerprint density at radius 2 is 1.70 bits per heavy atom. The molecule has 0 heterocycles. The van der Waals surface area contributed by atoms with E-state index in [1.165, 1.54) is 26.2 Å². The molecule has 0 radical (unpaired) electrons. The van der Waals surface area contributed by atoms with Gasteiger partial charge in [0.25, 0.3) is 5.91 Å². The first kappa shape index (κ1) is 20.7. The molecule has 0 aromatic heterocycles. The maximum absolute atomic E-state index is 12.6. The van der Waals surface area contributed by atoms with Crippen molar-refractivity contribution in [2.24, 2.45) is 0 Å². The molecule has 0 saturated carbocycles. The van der Waals surface area contributed by atoms with Crippen LogP contribution in [0.4, 0.5) is 0 Å². The lowest BCUT2D eigenvalue weighted by molar-refractivity contribution is 0.0950. The standard InChI is InChI=1S/C19H24N2O5S/c1-13-6-8-15(27(23,24)21(2)3)11-16(13)19(22)20-12-14-7-9-17(25-4)18(10-14)26-5/h6-11H,12H2,1-5H3,(H,20,22). The van der Waals surface area contributed by atoms with Crippen molar-refractivity contribution in [3.63, 3.8) is 0 Å². The molecular weight excluding hydrogens is 368 g/mol. The van der Waals surface area contributed by atoms with Gasteiger partial charge in [0.15, 0.2) is 11.5 Å². The molecule has 0 aliphatic heterocycles. The molecule has 0 unspecified atom stereocenters. The first-order valence-electron chi connectivity index (χ1n) is 8.23. The van der Waals surface area contributed by atoms with Gasteiger partial charge < -0.3 is 14.8 Å². The average Bonchev–Trinajstić information content (AvgIpc) is 2.65. The fourth-order valence-corrected chi connectivity index (χ4v) is 3.41. The maximum Gasteiger partial charge on any atom is 0.251 e. The van der Waals surface area contributed by atoms with Crippen molar-refractivity contribution in [1.29, 1.82) is 0 Å². The second kappa shape index (κ2) is 8.41. The van der Waals surface area contributed by atoms with Gasteiger partial charge in [-0.3, -0.25) is 4.79 Å². The summed E-state index contributed by atoms with van der Waals surface area (Å²) in [7, 11) is 2.38. The topological polar surface area (TPSA) is 84.9 Å². The normalized spacial score (nSPS) is 11.3. The number of carbonyl (C=O) groups excluding carboxylic acids is 1. The summed E-state index contributed by atoms with van der Waals surface area (Å²) in [5.41, 5.74) is 1.84. The smallest absolute Gasteiger partial charge is 0.251 e. The minimum atomic E-state index is -3.61. The van der Waals surface area contributed by atoms with Crippen LogP contribution in [-0.4, -0.2) is 46.9 Å². The fourth-order valence-electron chi connectivity index (χ4n) is 2.49. The van der Waals surface area contributed by atoms with Crippen LogP contribution in [0.15, 0.2) is 41.3 Å². The molecule has 0 aliphatic rings. The molecule has 1 amide bonds. The molecule has 0 fully saturated rings. The third-order valence-electron chi connectivity index (χ3n) is 4.13. The van der Waals surface area contributed by atoms with Crippen LogP contribution < -0.4 is 14.8 Å². The van der Waals surface area contributed by atoms with Gasteiger partial charge >= 0.3 is 0 Å². The summed E-state index contributed by atoms with van der Waals surface area (Å²) in [5.74, 6) is 0.822. The molecule has 0 spiro atoms. The van der Waals surface area contributed by atoms with Crippen molar-refractivity contribution >= 4 is 15.9 Å². The van der Waals surface area contributed by atoms with Gasteiger partial charge in [-0.1, -0.05) is 12.1 Å². The second-order valence-electron chi connectivity index (χ2n) is 6.14. The molecule has 7 nitrogen and oxygen atoms in total. The van der Waals surface area contributed by atoms with Crippen LogP contribution in [0.5, 0.6) is 11.5 Å². The van der Waals surface area contributed by atoms with Gasteiger partial charge in [-0.2, -0.15) is 0 Å². The molecular formula is C19H24N2O5S. The molecule has 2 aromatic rings. The van der Waals surface area contributed by atoms with Crippen molar-refractivity contribution in [1.82, 2.24) is 9.62 Å². The van der Waals surface area contributed by atoms with E-state index in [9.17, 15) is 13.2 Å². The number of nitrogens with zero attached hydrogens (tertiary/aromatic N) is 1. The Labute approximate surface area is 160 Å². The SMILES string of the molecule is COc1ccc(CNC(=O)c2cc(S(=O)(=O)N(C)C)ccc2C)cc1OC. The summed E-state index contributed by atoms with van der Waals surface area (Å²) in [6.45, 7) is 2.03. The predicted octanol–water partition coefficient (Wildman–Crippen LogP) is 2.19. The number of ether oxygens (including phenoxy) is 2. The number of hydrogen-bond acceptors (Lipinski definition) is 5. The summed E-state index contributed by atoms with van der Waals surface area (Å²) in [5, 5.41) is 2.81. The largest absolute Gasteiger partial charge is 0.493 e. The van der Waals surface area contributed by atoms with E-state index in [1.54, 1.807) is 39.3 Å². The first-order chi connectivity index (χ1) is 12.7. The van der Waals surface area contributed by atoms with Crippen LogP contribution >= 0.6 is 0 Å². The van der Waals surface area contributed by atoms with Crippen molar-refractivity contribution < 1.29 is 22.7 Å². The Morgan fingerprint density at radius 1 is 1.04 bits per heavy atom. The Hall–Kier alpha value is -2.58. The van der Waals surface area contributed by atoms with Crippen LogP contribution in [0.1, 0.15) is 21.5 Å². The number of rotatable bonds is 7. The van der Waals surface area contributed by atoms with Gasteiger partial charge in [0.1, 0.15) is 0 Å². The molecule has 0 atom stereocenters. The van der Waals surface area contributed by atoms with Crippen molar-refractivity contribution in [3.8, 4) is 11.5 Å². The third kappa shape index (κ3) is 4.58. The lowest BCUT2D eigenvalue weighted by Gasteiger charge is -2.14. The minimum Gasteiger partial charge on any atom is -0.493 e. The molecule has 146 valence electrons. The number of methoxy groups -OCH3 is 2. The third-order valence-corrected chi connectivity index (χ3v) is 5.94. The van der Waals surface area contributed by atoms with Crippen LogP contribution in [-0.2, 0) is 16.6 Å². The monoisotopic (exact) mass is 392 g/mol. The molecule has 1 N–H and O–H groups in total. The van der Waals surface area contributed by atoms with Crippen molar-refractivity contribution in [2.45, 2.75) is 18.4 Å². The van der Waals surface area contributed by atoms with E-state index in [0.29, 0.717) is 22.6 Å². The van der Waals surface area contributed by atoms with Gasteiger partial charge in [-0.15, -0.1) is 0 Å². The molecule has 0 aliphatic carbocycles. The Kier molecular flexibility index (Phi) is 6.45. The molecule has 27 heavy (non-hydrogen) atoms. The number of aryl methyl sites for hydroxylation is 1. The second-order valence-corrected chi connectivity index (χ2v) is 8.29. The predicted molar refractivity (Wildman–Crippen MR) is 103 cm³/mol. The lowest BCUT2D eigenvalue weighted by atomic mass is 10.1. The van der Waals surface area contributed by atoms with E-state index in [2.05, 4.69) is 5.32 Å².